The molecular weight excluding hydrogens is 246 g/mol. The maximum absolute atomic E-state index is 12.2. The van der Waals surface area contributed by atoms with Crippen LogP contribution in [0.4, 0.5) is 0 Å². The van der Waals surface area contributed by atoms with Crippen LogP contribution in [0.5, 0.6) is 0 Å². The van der Waals surface area contributed by atoms with Crippen LogP contribution in [-0.4, -0.2) is 33.9 Å². The Morgan fingerprint density at radius 1 is 1.39 bits per heavy atom. The fraction of sp³-hybridized carbons (Fsp3) is 0.462. The molecule has 0 aromatic carbocycles. The average Bonchev–Trinajstić information content (AvgIpc) is 2.36. The molecule has 18 heavy (non-hydrogen) atoms. The van der Waals surface area contributed by atoms with E-state index in [9.17, 15) is 4.79 Å². The third-order valence-electron chi connectivity index (χ3n) is 3.16. The van der Waals surface area contributed by atoms with Gasteiger partial charge in [0.15, 0.2) is 0 Å². The molecule has 5 heteroatoms. The van der Waals surface area contributed by atoms with Crippen molar-refractivity contribution in [1.29, 1.82) is 0 Å². The molecule has 2 N–H and O–H groups in total. The highest BCUT2D eigenvalue weighted by atomic mass is 32.1. The van der Waals surface area contributed by atoms with Gasteiger partial charge in [0.2, 0.25) is 0 Å². The zero-order chi connectivity index (χ0) is 13.9. The molecule has 1 atom stereocenters. The average molecular weight is 265 g/mol. The van der Waals surface area contributed by atoms with Gasteiger partial charge < -0.3 is 10.6 Å². The summed E-state index contributed by atoms with van der Waals surface area (Å²) in [6.45, 7) is 6.18. The third kappa shape index (κ3) is 3.26. The Bertz CT molecular complexity index is 442. The number of rotatable bonds is 4. The Labute approximate surface area is 113 Å². The Morgan fingerprint density at radius 2 is 2.00 bits per heavy atom. The normalized spacial score (nSPS) is 12.3. The van der Waals surface area contributed by atoms with E-state index < -0.39 is 0 Å². The van der Waals surface area contributed by atoms with Crippen molar-refractivity contribution < 1.29 is 4.79 Å². The molecule has 0 bridgehead atoms. The van der Waals surface area contributed by atoms with Gasteiger partial charge in [0.1, 0.15) is 10.7 Å². The van der Waals surface area contributed by atoms with Gasteiger partial charge in [0.05, 0.1) is 0 Å². The molecule has 0 aliphatic heterocycles. The second-order valence-electron chi connectivity index (χ2n) is 4.70. The van der Waals surface area contributed by atoms with E-state index in [1.807, 2.05) is 6.92 Å². The van der Waals surface area contributed by atoms with Crippen LogP contribution >= 0.6 is 12.2 Å². The standard InChI is InChI=1S/C13H19N3OS/c1-8(2)9(3)16(4)13(17)11-6-5-10(7-15-11)12(14)18/h5-9H,1-4H3,(H2,14,18). The molecule has 0 aliphatic rings. The van der Waals surface area contributed by atoms with Crippen molar-refractivity contribution in [2.75, 3.05) is 7.05 Å². The van der Waals surface area contributed by atoms with Crippen LogP contribution in [0.1, 0.15) is 36.8 Å². The first-order valence-corrected chi connectivity index (χ1v) is 6.28. The summed E-state index contributed by atoms with van der Waals surface area (Å²) in [5.74, 6) is 0.306. The number of aromatic nitrogens is 1. The lowest BCUT2D eigenvalue weighted by Gasteiger charge is -2.27. The van der Waals surface area contributed by atoms with E-state index in [0.717, 1.165) is 0 Å². The molecule has 98 valence electrons. The highest BCUT2D eigenvalue weighted by Crippen LogP contribution is 2.11. The molecule has 0 aliphatic carbocycles. The van der Waals surface area contributed by atoms with Gasteiger partial charge in [0, 0.05) is 24.8 Å². The van der Waals surface area contributed by atoms with Crippen molar-refractivity contribution in [3.63, 3.8) is 0 Å². The predicted octanol–water partition coefficient (Wildman–Crippen LogP) is 1.83. The maximum Gasteiger partial charge on any atom is 0.272 e. The Morgan fingerprint density at radius 3 is 2.39 bits per heavy atom. The summed E-state index contributed by atoms with van der Waals surface area (Å²) in [6, 6.07) is 3.53. The first kappa shape index (κ1) is 14.6. The van der Waals surface area contributed by atoms with Gasteiger partial charge in [-0.05, 0) is 25.0 Å². The fourth-order valence-corrected chi connectivity index (χ4v) is 1.60. The number of carbonyl (C=O) groups is 1. The van der Waals surface area contributed by atoms with Gasteiger partial charge in [0.25, 0.3) is 5.91 Å². The number of hydrogen-bond acceptors (Lipinski definition) is 3. The van der Waals surface area contributed by atoms with Gasteiger partial charge in [-0.25, -0.2) is 0 Å². The van der Waals surface area contributed by atoms with Crippen molar-refractivity contribution in [2.45, 2.75) is 26.8 Å². The lowest BCUT2D eigenvalue weighted by Crippen LogP contribution is -2.38. The number of nitrogens with zero attached hydrogens (tertiary/aromatic N) is 2. The number of pyridine rings is 1. The van der Waals surface area contributed by atoms with Crippen LogP contribution in [0, 0.1) is 5.92 Å². The summed E-state index contributed by atoms with van der Waals surface area (Å²) in [4.78, 5) is 18.3. The number of nitrogens with two attached hydrogens (primary N) is 1. The molecule has 1 rings (SSSR count). The summed E-state index contributed by atoms with van der Waals surface area (Å²) in [5, 5.41) is 0. The van der Waals surface area contributed by atoms with E-state index in [2.05, 4.69) is 18.8 Å². The second-order valence-corrected chi connectivity index (χ2v) is 5.14. The summed E-state index contributed by atoms with van der Waals surface area (Å²) >= 11 is 4.84. The fourth-order valence-electron chi connectivity index (χ4n) is 1.48. The van der Waals surface area contributed by atoms with Gasteiger partial charge in [-0.1, -0.05) is 26.1 Å². The Balaban J connectivity index is 2.87. The molecule has 0 spiro atoms. The predicted molar refractivity (Wildman–Crippen MR) is 76.5 cm³/mol. The summed E-state index contributed by atoms with van der Waals surface area (Å²) in [7, 11) is 1.79. The minimum absolute atomic E-state index is 0.0920. The maximum atomic E-state index is 12.2. The van der Waals surface area contributed by atoms with Gasteiger partial charge in [-0.3, -0.25) is 9.78 Å². The largest absolute Gasteiger partial charge is 0.389 e. The van der Waals surface area contributed by atoms with Crippen LogP contribution in [0.2, 0.25) is 0 Å². The molecule has 4 nitrogen and oxygen atoms in total. The molecule has 1 unspecified atom stereocenters. The number of hydrogen-bond donors (Lipinski definition) is 1. The number of carbonyl (C=O) groups excluding carboxylic acids is 1. The van der Waals surface area contributed by atoms with E-state index in [1.165, 1.54) is 6.20 Å². The zero-order valence-corrected chi connectivity index (χ0v) is 12.0. The van der Waals surface area contributed by atoms with Gasteiger partial charge in [-0.2, -0.15) is 0 Å². The van der Waals surface area contributed by atoms with Crippen molar-refractivity contribution >= 4 is 23.1 Å². The molecule has 0 saturated carbocycles. The summed E-state index contributed by atoms with van der Waals surface area (Å²) < 4.78 is 0. The Kier molecular flexibility index (Phi) is 4.78. The highest BCUT2D eigenvalue weighted by molar-refractivity contribution is 7.80. The topological polar surface area (TPSA) is 59.2 Å². The Hall–Kier alpha value is -1.49. The SMILES string of the molecule is CC(C)C(C)N(C)C(=O)c1ccc(C(N)=S)cn1. The van der Waals surface area contributed by atoms with Crippen LogP contribution in [0.15, 0.2) is 18.3 Å². The molecule has 0 radical (unpaired) electrons. The summed E-state index contributed by atoms with van der Waals surface area (Å²) in [5.41, 5.74) is 6.56. The molecule has 1 aromatic rings. The van der Waals surface area contributed by atoms with Crippen LogP contribution in [0.25, 0.3) is 0 Å². The minimum atomic E-state index is -0.0920. The molecule has 0 fully saturated rings. The van der Waals surface area contributed by atoms with Crippen molar-refractivity contribution in [3.05, 3.63) is 29.6 Å². The summed E-state index contributed by atoms with van der Waals surface area (Å²) in [6.07, 6.45) is 1.53. The van der Waals surface area contributed by atoms with E-state index in [1.54, 1.807) is 24.1 Å². The molecular formula is C13H19N3OS. The lowest BCUT2D eigenvalue weighted by atomic mass is 10.0. The second kappa shape index (κ2) is 5.91. The van der Waals surface area contributed by atoms with Crippen LogP contribution < -0.4 is 5.73 Å². The van der Waals surface area contributed by atoms with Gasteiger partial charge >= 0.3 is 0 Å². The first-order chi connectivity index (χ1) is 8.34. The zero-order valence-electron chi connectivity index (χ0n) is 11.2. The minimum Gasteiger partial charge on any atom is -0.389 e. The quantitative estimate of drug-likeness (QED) is 0.844. The van der Waals surface area contributed by atoms with Crippen LogP contribution in [0.3, 0.4) is 0 Å². The molecule has 1 aromatic heterocycles. The van der Waals surface area contributed by atoms with Crippen molar-refractivity contribution in [2.24, 2.45) is 11.7 Å². The van der Waals surface area contributed by atoms with Crippen molar-refractivity contribution in [1.82, 2.24) is 9.88 Å². The van der Waals surface area contributed by atoms with E-state index in [4.69, 9.17) is 18.0 Å². The van der Waals surface area contributed by atoms with E-state index in [0.29, 0.717) is 17.2 Å². The van der Waals surface area contributed by atoms with Crippen molar-refractivity contribution in [3.8, 4) is 0 Å². The van der Waals surface area contributed by atoms with Crippen LogP contribution in [-0.2, 0) is 0 Å². The third-order valence-corrected chi connectivity index (χ3v) is 3.40. The highest BCUT2D eigenvalue weighted by Gasteiger charge is 2.20. The van der Waals surface area contributed by atoms with Gasteiger partial charge in [-0.15, -0.1) is 0 Å². The number of amides is 1. The number of thiocarbonyl (C=S) groups is 1. The molecule has 0 saturated heterocycles. The molecule has 1 amide bonds. The monoisotopic (exact) mass is 265 g/mol. The van der Waals surface area contributed by atoms with E-state index >= 15 is 0 Å². The molecule has 1 heterocycles. The lowest BCUT2D eigenvalue weighted by molar-refractivity contribution is 0.0701. The smallest absolute Gasteiger partial charge is 0.272 e. The van der Waals surface area contributed by atoms with E-state index in [-0.39, 0.29) is 16.9 Å². The first-order valence-electron chi connectivity index (χ1n) is 5.87.